The minimum atomic E-state index is -0.173. The number of esters is 1. The smallest absolute Gasteiger partial charge is 0.302 e. The van der Waals surface area contributed by atoms with Crippen molar-refractivity contribution in [3.63, 3.8) is 0 Å². The number of hydrogen-bond acceptors (Lipinski definition) is 4. The van der Waals surface area contributed by atoms with Crippen molar-refractivity contribution in [1.82, 2.24) is 0 Å². The maximum Gasteiger partial charge on any atom is 0.302 e. The standard InChI is InChI=1S/C22H30ClNO3/c1-13(25)27-16-6-8-21(2)15(11-16)4-5-17-18(21)7-9-22(3)19(17)10-14(12-23)20(22)24-26/h4,12,16-19,26H,5-11H2,1-3H3/b14-12+,24-20-/t16?,17-,18+,19+,21+,22+/m1/s1. The molecule has 3 fully saturated rings. The number of rotatable bonds is 1. The molecule has 0 saturated heterocycles. The van der Waals surface area contributed by atoms with Crippen LogP contribution < -0.4 is 0 Å². The molecule has 0 aromatic rings. The van der Waals surface area contributed by atoms with Gasteiger partial charge in [-0.25, -0.2) is 0 Å². The Bertz CT molecular complexity index is 742. The number of ether oxygens (including phenoxy) is 1. The molecule has 1 N–H and O–H groups in total. The molecule has 0 aromatic heterocycles. The van der Waals surface area contributed by atoms with Crippen molar-refractivity contribution < 1.29 is 14.7 Å². The van der Waals surface area contributed by atoms with Crippen LogP contribution in [0.1, 0.15) is 65.7 Å². The molecule has 27 heavy (non-hydrogen) atoms. The first-order valence-corrected chi connectivity index (χ1v) is 10.7. The monoisotopic (exact) mass is 391 g/mol. The summed E-state index contributed by atoms with van der Waals surface area (Å²) in [4.78, 5) is 11.4. The Morgan fingerprint density at radius 3 is 2.67 bits per heavy atom. The van der Waals surface area contributed by atoms with E-state index in [-0.39, 0.29) is 22.9 Å². The van der Waals surface area contributed by atoms with Crippen molar-refractivity contribution in [3.05, 3.63) is 22.8 Å². The molecule has 4 rings (SSSR count). The van der Waals surface area contributed by atoms with Gasteiger partial charge in [0.1, 0.15) is 6.10 Å². The molecule has 0 amide bonds. The fourth-order valence-corrected chi connectivity index (χ4v) is 7.12. The molecule has 0 aromatic carbocycles. The Kier molecular flexibility index (Phi) is 4.69. The van der Waals surface area contributed by atoms with E-state index in [1.54, 1.807) is 5.54 Å². The predicted molar refractivity (Wildman–Crippen MR) is 106 cm³/mol. The molecule has 0 spiro atoms. The van der Waals surface area contributed by atoms with Gasteiger partial charge < -0.3 is 9.94 Å². The van der Waals surface area contributed by atoms with Crippen molar-refractivity contribution in [2.24, 2.45) is 33.7 Å². The number of oxime groups is 1. The molecular weight excluding hydrogens is 362 g/mol. The van der Waals surface area contributed by atoms with Crippen LogP contribution in [0, 0.1) is 28.6 Å². The zero-order chi connectivity index (χ0) is 19.4. The maximum absolute atomic E-state index is 11.4. The van der Waals surface area contributed by atoms with Gasteiger partial charge in [-0.3, -0.25) is 4.79 Å². The third kappa shape index (κ3) is 2.78. The van der Waals surface area contributed by atoms with Crippen LogP contribution in [0.3, 0.4) is 0 Å². The van der Waals surface area contributed by atoms with Crippen LogP contribution in [0.15, 0.2) is 27.9 Å². The van der Waals surface area contributed by atoms with Gasteiger partial charge in [0.25, 0.3) is 0 Å². The number of allylic oxidation sites excluding steroid dienone is 2. The van der Waals surface area contributed by atoms with Crippen molar-refractivity contribution in [1.29, 1.82) is 0 Å². The molecule has 1 unspecified atom stereocenters. The van der Waals surface area contributed by atoms with Gasteiger partial charge in [-0.05, 0) is 67.3 Å². The Morgan fingerprint density at radius 1 is 1.26 bits per heavy atom. The van der Waals surface area contributed by atoms with Crippen molar-refractivity contribution in [2.45, 2.75) is 71.8 Å². The molecule has 6 atom stereocenters. The highest BCUT2D eigenvalue weighted by atomic mass is 35.5. The maximum atomic E-state index is 11.4. The average molecular weight is 392 g/mol. The third-order valence-electron chi connectivity index (χ3n) is 8.30. The van der Waals surface area contributed by atoms with E-state index in [1.165, 1.54) is 12.5 Å². The van der Waals surface area contributed by atoms with E-state index in [4.69, 9.17) is 16.3 Å². The zero-order valence-corrected chi connectivity index (χ0v) is 17.3. The van der Waals surface area contributed by atoms with Crippen LogP contribution in [0.5, 0.6) is 0 Å². The second kappa shape index (κ2) is 6.65. The molecule has 4 aliphatic rings. The summed E-state index contributed by atoms with van der Waals surface area (Å²) in [6.07, 6.45) is 9.57. The topological polar surface area (TPSA) is 58.9 Å². The summed E-state index contributed by atoms with van der Waals surface area (Å²) >= 11 is 6.07. The lowest BCUT2D eigenvalue weighted by Gasteiger charge is -2.57. The van der Waals surface area contributed by atoms with Crippen molar-refractivity contribution in [3.8, 4) is 0 Å². The molecule has 0 radical (unpaired) electrons. The van der Waals surface area contributed by atoms with Crippen LogP contribution in [0.2, 0.25) is 0 Å². The summed E-state index contributed by atoms with van der Waals surface area (Å²) in [5.74, 6) is 1.54. The number of nitrogens with zero attached hydrogens (tertiary/aromatic N) is 1. The Morgan fingerprint density at radius 2 is 2.00 bits per heavy atom. The molecule has 0 heterocycles. The second-order valence-electron chi connectivity index (χ2n) is 9.48. The van der Waals surface area contributed by atoms with E-state index in [0.29, 0.717) is 17.8 Å². The molecule has 5 heteroatoms. The largest absolute Gasteiger partial charge is 0.462 e. The van der Waals surface area contributed by atoms with E-state index in [2.05, 4.69) is 25.1 Å². The summed E-state index contributed by atoms with van der Waals surface area (Å²) in [6.45, 7) is 6.19. The van der Waals surface area contributed by atoms with Gasteiger partial charge in [-0.1, -0.05) is 42.3 Å². The van der Waals surface area contributed by atoms with Gasteiger partial charge in [-0.2, -0.15) is 0 Å². The van der Waals surface area contributed by atoms with Gasteiger partial charge in [0.15, 0.2) is 0 Å². The molecule has 4 nitrogen and oxygen atoms in total. The average Bonchev–Trinajstić information content (AvgIpc) is 2.93. The minimum Gasteiger partial charge on any atom is -0.462 e. The first-order chi connectivity index (χ1) is 12.8. The molecular formula is C22H30ClNO3. The minimum absolute atomic E-state index is 0.0395. The highest BCUT2D eigenvalue weighted by molar-refractivity contribution is 6.28. The molecule has 148 valence electrons. The number of fused-ring (bicyclic) bond motifs is 5. The highest BCUT2D eigenvalue weighted by Crippen LogP contribution is 2.65. The van der Waals surface area contributed by atoms with Crippen LogP contribution in [-0.2, 0) is 9.53 Å². The summed E-state index contributed by atoms with van der Waals surface area (Å²) in [6, 6.07) is 0. The number of carbonyl (C=O) groups excluding carboxylic acids is 1. The van der Waals surface area contributed by atoms with Gasteiger partial charge >= 0.3 is 5.97 Å². The third-order valence-corrected chi connectivity index (χ3v) is 8.56. The van der Waals surface area contributed by atoms with Crippen LogP contribution in [0.4, 0.5) is 0 Å². The summed E-state index contributed by atoms with van der Waals surface area (Å²) in [5.41, 5.74) is 5.04. The Labute approximate surface area is 166 Å². The first-order valence-electron chi connectivity index (χ1n) is 10.2. The van der Waals surface area contributed by atoms with Crippen LogP contribution in [-0.4, -0.2) is 23.0 Å². The normalized spacial score (nSPS) is 46.4. The van der Waals surface area contributed by atoms with Gasteiger partial charge in [0.2, 0.25) is 0 Å². The number of carbonyl (C=O) groups is 1. The van der Waals surface area contributed by atoms with Crippen molar-refractivity contribution >= 4 is 23.3 Å². The lowest BCUT2D eigenvalue weighted by atomic mass is 9.48. The van der Waals surface area contributed by atoms with Gasteiger partial charge in [0.05, 0.1) is 5.71 Å². The Hall–Kier alpha value is -1.29. The van der Waals surface area contributed by atoms with Crippen LogP contribution in [0.25, 0.3) is 0 Å². The lowest BCUT2D eigenvalue weighted by molar-refractivity contribution is -0.148. The highest BCUT2D eigenvalue weighted by Gasteiger charge is 2.59. The lowest BCUT2D eigenvalue weighted by Crippen LogP contribution is -2.50. The fraction of sp³-hybridized carbons (Fsp3) is 0.727. The summed E-state index contributed by atoms with van der Waals surface area (Å²) < 4.78 is 5.52. The fourth-order valence-electron chi connectivity index (χ4n) is 6.93. The molecule has 0 aliphatic heterocycles. The van der Waals surface area contributed by atoms with Crippen molar-refractivity contribution in [2.75, 3.05) is 0 Å². The van der Waals surface area contributed by atoms with E-state index in [0.717, 1.165) is 56.2 Å². The zero-order valence-electron chi connectivity index (χ0n) is 16.5. The van der Waals surface area contributed by atoms with Gasteiger partial charge in [-0.15, -0.1) is 0 Å². The molecule has 3 saturated carbocycles. The second-order valence-corrected chi connectivity index (χ2v) is 9.70. The SMILES string of the molecule is CC(=O)OC1CC[C@@]2(C)C(=CC[C@@H]3[C@@H]2CC[C@]2(C)C(=N\O)/C(=C/Cl)C[C@@H]32)C1. The van der Waals surface area contributed by atoms with E-state index in [1.807, 2.05) is 0 Å². The summed E-state index contributed by atoms with van der Waals surface area (Å²) in [5, 5.41) is 13.3. The number of halogens is 1. The molecule has 4 aliphatic carbocycles. The number of hydrogen-bond donors (Lipinski definition) is 1. The predicted octanol–water partition coefficient (Wildman–Crippen LogP) is 5.44. The van der Waals surface area contributed by atoms with E-state index >= 15 is 0 Å². The molecule has 0 bridgehead atoms. The quantitative estimate of drug-likeness (QED) is 0.280. The van der Waals surface area contributed by atoms with E-state index in [9.17, 15) is 10.0 Å². The first kappa shape index (κ1) is 19.0. The van der Waals surface area contributed by atoms with Crippen LogP contribution >= 0.6 is 11.6 Å². The van der Waals surface area contributed by atoms with Gasteiger partial charge in [0, 0.05) is 24.3 Å². The summed E-state index contributed by atoms with van der Waals surface area (Å²) in [7, 11) is 0. The van der Waals surface area contributed by atoms with E-state index < -0.39 is 0 Å². The Balaban J connectivity index is 1.63.